The molecule has 0 atom stereocenters. The van der Waals surface area contributed by atoms with Gasteiger partial charge in [0.1, 0.15) is 11.6 Å². The van der Waals surface area contributed by atoms with Crippen LogP contribution in [0.25, 0.3) is 11.0 Å². The second-order valence-corrected chi connectivity index (χ2v) is 5.56. The zero-order valence-electron chi connectivity index (χ0n) is 12.6. The predicted molar refractivity (Wildman–Crippen MR) is 85.4 cm³/mol. The number of hydrogen-bond acceptors (Lipinski definition) is 2. The van der Waals surface area contributed by atoms with Crippen molar-refractivity contribution in [1.29, 1.82) is 0 Å². The van der Waals surface area contributed by atoms with Crippen LogP contribution < -0.4 is 0 Å². The topological polar surface area (TPSA) is 38.1 Å². The summed E-state index contributed by atoms with van der Waals surface area (Å²) < 4.78 is 15.5. The quantitative estimate of drug-likeness (QED) is 0.783. The van der Waals surface area contributed by atoms with Crippen molar-refractivity contribution in [3.05, 3.63) is 65.2 Å². The Morgan fingerprint density at radius 2 is 2.05 bits per heavy atom. The third-order valence-electron chi connectivity index (χ3n) is 3.77. The molecule has 0 saturated heterocycles. The average Bonchev–Trinajstić information content (AvgIpc) is 2.82. The number of rotatable bonds is 5. The molecule has 0 aliphatic rings. The third-order valence-corrected chi connectivity index (χ3v) is 3.77. The zero-order valence-corrected chi connectivity index (χ0v) is 12.6. The van der Waals surface area contributed by atoms with E-state index in [2.05, 4.69) is 27.8 Å². The van der Waals surface area contributed by atoms with Crippen molar-refractivity contribution in [2.75, 3.05) is 6.61 Å². The Morgan fingerprint density at radius 1 is 1.18 bits per heavy atom. The van der Waals surface area contributed by atoms with Crippen molar-refractivity contribution >= 4 is 11.0 Å². The average molecular weight is 298 g/mol. The summed E-state index contributed by atoms with van der Waals surface area (Å²) in [5.41, 5.74) is 4.06. The van der Waals surface area contributed by atoms with Crippen molar-refractivity contribution in [2.45, 2.75) is 26.3 Å². The summed E-state index contributed by atoms with van der Waals surface area (Å²) in [5, 5.41) is 9.08. The molecule has 0 bridgehead atoms. The van der Waals surface area contributed by atoms with E-state index < -0.39 is 0 Å². The number of aliphatic hydroxyl groups excluding tert-OH is 1. The van der Waals surface area contributed by atoms with Crippen molar-refractivity contribution in [1.82, 2.24) is 9.55 Å². The van der Waals surface area contributed by atoms with Gasteiger partial charge in [0, 0.05) is 19.6 Å². The number of imidazole rings is 1. The Kier molecular flexibility index (Phi) is 4.20. The molecule has 0 fully saturated rings. The van der Waals surface area contributed by atoms with Crippen LogP contribution >= 0.6 is 0 Å². The Balaban J connectivity index is 2.04. The van der Waals surface area contributed by atoms with Gasteiger partial charge >= 0.3 is 0 Å². The Labute approximate surface area is 129 Å². The standard InChI is InChI=1S/C18H19FN2O/c1-13-7-8-17-16(10-13)20-18(6-3-9-22)21(17)12-14-4-2-5-15(19)11-14/h2,4-5,7-8,10-11,22H,3,6,9,12H2,1H3. The highest BCUT2D eigenvalue weighted by Crippen LogP contribution is 2.20. The molecule has 0 aliphatic heterocycles. The van der Waals surface area contributed by atoms with Crippen LogP contribution in [0.2, 0.25) is 0 Å². The number of benzene rings is 2. The minimum Gasteiger partial charge on any atom is -0.396 e. The molecule has 1 N–H and O–H groups in total. The molecule has 0 amide bonds. The summed E-state index contributed by atoms with van der Waals surface area (Å²) in [7, 11) is 0. The lowest BCUT2D eigenvalue weighted by Gasteiger charge is -2.09. The lowest BCUT2D eigenvalue weighted by atomic mass is 10.2. The number of hydrogen-bond donors (Lipinski definition) is 1. The molecule has 4 heteroatoms. The van der Waals surface area contributed by atoms with E-state index in [-0.39, 0.29) is 12.4 Å². The van der Waals surface area contributed by atoms with Gasteiger partial charge in [0.2, 0.25) is 0 Å². The molecule has 22 heavy (non-hydrogen) atoms. The lowest BCUT2D eigenvalue weighted by Crippen LogP contribution is -2.06. The summed E-state index contributed by atoms with van der Waals surface area (Å²) in [6.07, 6.45) is 1.38. The minimum absolute atomic E-state index is 0.141. The highest BCUT2D eigenvalue weighted by Gasteiger charge is 2.11. The first-order valence-electron chi connectivity index (χ1n) is 7.48. The maximum absolute atomic E-state index is 13.4. The van der Waals surface area contributed by atoms with Gasteiger partial charge in [-0.25, -0.2) is 9.37 Å². The van der Waals surface area contributed by atoms with Gasteiger partial charge in [0.25, 0.3) is 0 Å². The summed E-state index contributed by atoms with van der Waals surface area (Å²) >= 11 is 0. The molecule has 114 valence electrons. The molecular formula is C18H19FN2O. The molecular weight excluding hydrogens is 279 g/mol. The normalized spacial score (nSPS) is 11.2. The Bertz CT molecular complexity index is 795. The summed E-state index contributed by atoms with van der Waals surface area (Å²) in [6.45, 7) is 2.76. The number of fused-ring (bicyclic) bond motifs is 1. The lowest BCUT2D eigenvalue weighted by molar-refractivity contribution is 0.287. The first-order chi connectivity index (χ1) is 10.7. The zero-order chi connectivity index (χ0) is 15.5. The second-order valence-electron chi connectivity index (χ2n) is 5.56. The van der Waals surface area contributed by atoms with E-state index in [1.54, 1.807) is 12.1 Å². The van der Waals surface area contributed by atoms with E-state index in [0.717, 1.165) is 28.0 Å². The second kappa shape index (κ2) is 6.28. The number of aryl methyl sites for hydroxylation is 2. The Morgan fingerprint density at radius 3 is 2.82 bits per heavy atom. The van der Waals surface area contributed by atoms with Gasteiger partial charge in [-0.05, 0) is 48.7 Å². The van der Waals surface area contributed by atoms with Crippen molar-refractivity contribution in [2.24, 2.45) is 0 Å². The van der Waals surface area contributed by atoms with Crippen LogP contribution in [0.15, 0.2) is 42.5 Å². The van der Waals surface area contributed by atoms with Crippen LogP contribution in [0.4, 0.5) is 4.39 Å². The fourth-order valence-corrected chi connectivity index (χ4v) is 2.71. The molecule has 0 saturated carbocycles. The van der Waals surface area contributed by atoms with E-state index in [1.165, 1.54) is 6.07 Å². The molecule has 2 aromatic carbocycles. The van der Waals surface area contributed by atoms with E-state index in [9.17, 15) is 4.39 Å². The van der Waals surface area contributed by atoms with Gasteiger partial charge in [-0.1, -0.05) is 18.2 Å². The smallest absolute Gasteiger partial charge is 0.123 e. The van der Waals surface area contributed by atoms with Crippen LogP contribution in [0.3, 0.4) is 0 Å². The van der Waals surface area contributed by atoms with Crippen LogP contribution in [0.1, 0.15) is 23.4 Å². The number of halogens is 1. The summed E-state index contributed by atoms with van der Waals surface area (Å²) in [6, 6.07) is 12.8. The summed E-state index contributed by atoms with van der Waals surface area (Å²) in [4.78, 5) is 4.69. The molecule has 3 aromatic rings. The number of aromatic nitrogens is 2. The molecule has 1 heterocycles. The first kappa shape index (κ1) is 14.7. The van der Waals surface area contributed by atoms with Crippen LogP contribution in [-0.4, -0.2) is 21.3 Å². The largest absolute Gasteiger partial charge is 0.396 e. The van der Waals surface area contributed by atoms with Gasteiger partial charge in [-0.15, -0.1) is 0 Å². The highest BCUT2D eigenvalue weighted by molar-refractivity contribution is 5.77. The molecule has 1 aromatic heterocycles. The van der Waals surface area contributed by atoms with Crippen molar-refractivity contribution in [3.8, 4) is 0 Å². The van der Waals surface area contributed by atoms with Gasteiger partial charge in [-0.2, -0.15) is 0 Å². The fraction of sp³-hybridized carbons (Fsp3) is 0.278. The molecule has 0 spiro atoms. The van der Waals surface area contributed by atoms with Gasteiger partial charge in [-0.3, -0.25) is 0 Å². The fourth-order valence-electron chi connectivity index (χ4n) is 2.71. The monoisotopic (exact) mass is 298 g/mol. The van der Waals surface area contributed by atoms with Crippen molar-refractivity contribution in [3.63, 3.8) is 0 Å². The molecule has 0 aliphatic carbocycles. The molecule has 0 unspecified atom stereocenters. The minimum atomic E-state index is -0.227. The van der Waals surface area contributed by atoms with Crippen LogP contribution in [-0.2, 0) is 13.0 Å². The van der Waals surface area contributed by atoms with Gasteiger partial charge in [0.15, 0.2) is 0 Å². The van der Waals surface area contributed by atoms with E-state index in [4.69, 9.17) is 5.11 Å². The highest BCUT2D eigenvalue weighted by atomic mass is 19.1. The van der Waals surface area contributed by atoms with Crippen LogP contribution in [0, 0.1) is 12.7 Å². The predicted octanol–water partition coefficient (Wildman–Crippen LogP) is 3.46. The molecule has 3 nitrogen and oxygen atoms in total. The third kappa shape index (κ3) is 3.02. The van der Waals surface area contributed by atoms with Gasteiger partial charge < -0.3 is 9.67 Å². The first-order valence-corrected chi connectivity index (χ1v) is 7.48. The van der Waals surface area contributed by atoms with Gasteiger partial charge in [0.05, 0.1) is 11.0 Å². The maximum atomic E-state index is 13.4. The van der Waals surface area contributed by atoms with E-state index in [0.29, 0.717) is 19.4 Å². The van der Waals surface area contributed by atoms with Crippen molar-refractivity contribution < 1.29 is 9.50 Å². The summed E-state index contributed by atoms with van der Waals surface area (Å²) in [5.74, 6) is 0.702. The number of aliphatic hydroxyl groups is 1. The Hall–Kier alpha value is -2.20. The van der Waals surface area contributed by atoms with E-state index in [1.807, 2.05) is 13.0 Å². The SMILES string of the molecule is Cc1ccc2c(c1)nc(CCCO)n2Cc1cccc(F)c1. The molecule has 3 rings (SSSR count). The van der Waals surface area contributed by atoms with E-state index >= 15 is 0 Å². The maximum Gasteiger partial charge on any atom is 0.123 e. The number of nitrogens with zero attached hydrogens (tertiary/aromatic N) is 2. The van der Waals surface area contributed by atoms with Crippen LogP contribution in [0.5, 0.6) is 0 Å². The molecule has 0 radical (unpaired) electrons.